The first-order valence-electron chi connectivity index (χ1n) is 7.87. The lowest BCUT2D eigenvalue weighted by Gasteiger charge is -2.20. The van der Waals surface area contributed by atoms with Crippen molar-refractivity contribution in [2.24, 2.45) is 0 Å². The van der Waals surface area contributed by atoms with Crippen LogP contribution in [0.5, 0.6) is 0 Å². The zero-order valence-corrected chi connectivity index (χ0v) is 13.6. The lowest BCUT2D eigenvalue weighted by atomic mass is 10.1. The number of nitrogens with zero attached hydrogens (tertiary/aromatic N) is 3. The molecule has 2 rings (SSSR count). The molecule has 128 valence electrons. The normalized spacial score (nSPS) is 10.5. The van der Waals surface area contributed by atoms with Gasteiger partial charge in [0.15, 0.2) is 0 Å². The Kier molecular flexibility index (Phi) is 6.65. The Labute approximate surface area is 141 Å². The summed E-state index contributed by atoms with van der Waals surface area (Å²) in [7, 11) is 0. The highest BCUT2D eigenvalue weighted by molar-refractivity contribution is 5.95. The average molecular weight is 330 g/mol. The maximum atomic E-state index is 12.0. The molecule has 0 aliphatic heterocycles. The Balaban J connectivity index is 2.27. The molecule has 0 bridgehead atoms. The van der Waals surface area contributed by atoms with E-state index in [0.717, 1.165) is 12.0 Å². The number of amides is 1. The number of anilines is 1. The molecule has 0 aliphatic rings. The molecule has 1 aromatic carbocycles. The van der Waals surface area contributed by atoms with E-state index in [-0.39, 0.29) is 25.8 Å². The molecular weight excluding hydrogens is 308 g/mol. The van der Waals surface area contributed by atoms with Gasteiger partial charge in [-0.25, -0.2) is 4.98 Å². The molecule has 7 heteroatoms. The molecule has 1 amide bonds. The third-order valence-electron chi connectivity index (χ3n) is 3.43. The minimum Gasteiger partial charge on any atom is -0.395 e. The van der Waals surface area contributed by atoms with Gasteiger partial charge in [-0.1, -0.05) is 19.1 Å². The van der Waals surface area contributed by atoms with Gasteiger partial charge in [-0.15, -0.1) is 0 Å². The summed E-state index contributed by atoms with van der Waals surface area (Å²) in [5.41, 5.74) is 1.87. The summed E-state index contributed by atoms with van der Waals surface area (Å²) in [4.78, 5) is 22.4. The lowest BCUT2D eigenvalue weighted by Crippen LogP contribution is -2.26. The zero-order chi connectivity index (χ0) is 17.4. The Morgan fingerprint density at radius 1 is 1.29 bits per heavy atom. The third kappa shape index (κ3) is 4.50. The molecule has 0 atom stereocenters. The smallest absolute Gasteiger partial charge is 0.251 e. The van der Waals surface area contributed by atoms with Crippen LogP contribution in [0.15, 0.2) is 36.7 Å². The summed E-state index contributed by atoms with van der Waals surface area (Å²) in [6, 6.07) is 7.04. The molecule has 3 N–H and O–H groups in total. The van der Waals surface area contributed by atoms with E-state index in [2.05, 4.69) is 15.3 Å². The van der Waals surface area contributed by atoms with Crippen LogP contribution in [0.4, 0.5) is 5.82 Å². The van der Waals surface area contributed by atoms with Crippen LogP contribution in [0.2, 0.25) is 0 Å². The second kappa shape index (κ2) is 8.95. The summed E-state index contributed by atoms with van der Waals surface area (Å²) in [5.74, 6) is 0.338. The summed E-state index contributed by atoms with van der Waals surface area (Å²) in [5, 5.41) is 20.9. The van der Waals surface area contributed by atoms with Gasteiger partial charge in [-0.05, 0) is 18.6 Å². The number of aromatic nitrogens is 2. The Morgan fingerprint density at radius 3 is 2.83 bits per heavy atom. The second-order valence-corrected chi connectivity index (χ2v) is 5.23. The maximum absolute atomic E-state index is 12.0. The molecule has 1 aromatic heterocycles. The summed E-state index contributed by atoms with van der Waals surface area (Å²) < 4.78 is 0. The summed E-state index contributed by atoms with van der Waals surface area (Å²) >= 11 is 0. The molecule has 0 spiro atoms. The molecule has 0 radical (unpaired) electrons. The van der Waals surface area contributed by atoms with Crippen molar-refractivity contribution in [3.05, 3.63) is 42.2 Å². The van der Waals surface area contributed by atoms with E-state index >= 15 is 0 Å². The van der Waals surface area contributed by atoms with E-state index in [0.29, 0.717) is 23.6 Å². The lowest BCUT2D eigenvalue weighted by molar-refractivity contribution is 0.0945. The van der Waals surface area contributed by atoms with Gasteiger partial charge in [-0.3, -0.25) is 9.78 Å². The first-order valence-corrected chi connectivity index (χ1v) is 7.87. The molecular formula is C17H22N4O3. The largest absolute Gasteiger partial charge is 0.395 e. The van der Waals surface area contributed by atoms with E-state index in [1.165, 1.54) is 0 Å². The molecule has 24 heavy (non-hydrogen) atoms. The summed E-state index contributed by atoms with van der Waals surface area (Å²) in [6.07, 6.45) is 4.11. The van der Waals surface area contributed by atoms with Crippen molar-refractivity contribution in [2.75, 3.05) is 31.3 Å². The molecule has 0 fully saturated rings. The number of carbonyl (C=O) groups is 1. The molecule has 7 nitrogen and oxygen atoms in total. The standard InChI is InChI=1S/C17H22N4O3/c1-2-7-21(12-23)16-11-18-10-15(20-16)13-4-3-5-14(9-13)17(24)19-6-8-22/h3-5,9-11,22-23H,2,6-8,12H2,1H3,(H,19,24). The number of benzene rings is 1. The molecule has 2 aromatic rings. The van der Waals surface area contributed by atoms with Gasteiger partial charge < -0.3 is 20.4 Å². The van der Waals surface area contributed by atoms with Gasteiger partial charge in [0.1, 0.15) is 12.5 Å². The molecule has 0 saturated carbocycles. The Morgan fingerprint density at radius 2 is 2.12 bits per heavy atom. The van der Waals surface area contributed by atoms with Crippen LogP contribution < -0.4 is 10.2 Å². The van der Waals surface area contributed by atoms with Gasteiger partial charge in [-0.2, -0.15) is 0 Å². The fourth-order valence-electron chi connectivity index (χ4n) is 2.27. The maximum Gasteiger partial charge on any atom is 0.251 e. The van der Waals surface area contributed by atoms with Crippen LogP contribution in [0, 0.1) is 0 Å². The van der Waals surface area contributed by atoms with Gasteiger partial charge in [0.25, 0.3) is 5.91 Å². The highest BCUT2D eigenvalue weighted by atomic mass is 16.3. The predicted molar refractivity (Wildman–Crippen MR) is 91.6 cm³/mol. The Hall–Kier alpha value is -2.51. The molecule has 0 saturated heterocycles. The molecule has 0 unspecified atom stereocenters. The fraction of sp³-hybridized carbons (Fsp3) is 0.353. The highest BCUT2D eigenvalue weighted by Gasteiger charge is 2.10. The van der Waals surface area contributed by atoms with Gasteiger partial charge in [0, 0.05) is 24.2 Å². The minimum absolute atomic E-state index is 0.104. The van der Waals surface area contributed by atoms with E-state index in [4.69, 9.17) is 5.11 Å². The number of rotatable bonds is 8. The summed E-state index contributed by atoms with van der Waals surface area (Å²) in [6.45, 7) is 2.68. The van der Waals surface area contributed by atoms with Gasteiger partial charge in [0.2, 0.25) is 0 Å². The monoisotopic (exact) mass is 330 g/mol. The van der Waals surface area contributed by atoms with Gasteiger partial charge in [0.05, 0.1) is 24.7 Å². The zero-order valence-electron chi connectivity index (χ0n) is 13.6. The Bertz CT molecular complexity index is 678. The number of aliphatic hydroxyl groups excluding tert-OH is 2. The van der Waals surface area contributed by atoms with Crippen LogP contribution in [0.3, 0.4) is 0 Å². The SMILES string of the molecule is CCCN(CO)c1cncc(-c2cccc(C(=O)NCCO)c2)n1. The van der Waals surface area contributed by atoms with Gasteiger partial charge >= 0.3 is 0 Å². The van der Waals surface area contributed by atoms with Crippen LogP contribution in [0.1, 0.15) is 23.7 Å². The number of carbonyl (C=O) groups excluding carboxylic acids is 1. The van der Waals surface area contributed by atoms with Crippen LogP contribution >= 0.6 is 0 Å². The van der Waals surface area contributed by atoms with Crippen molar-refractivity contribution in [1.29, 1.82) is 0 Å². The van der Waals surface area contributed by atoms with E-state index in [1.54, 1.807) is 35.5 Å². The van der Waals surface area contributed by atoms with Crippen LogP contribution in [0.25, 0.3) is 11.3 Å². The van der Waals surface area contributed by atoms with Crippen LogP contribution in [-0.2, 0) is 0 Å². The highest BCUT2D eigenvalue weighted by Crippen LogP contribution is 2.20. The van der Waals surface area contributed by atoms with E-state index in [1.807, 2.05) is 13.0 Å². The second-order valence-electron chi connectivity index (χ2n) is 5.23. The van der Waals surface area contributed by atoms with Crippen molar-refractivity contribution in [2.45, 2.75) is 13.3 Å². The number of hydrogen-bond acceptors (Lipinski definition) is 6. The van der Waals surface area contributed by atoms with E-state index in [9.17, 15) is 9.90 Å². The van der Waals surface area contributed by atoms with Crippen molar-refractivity contribution < 1.29 is 15.0 Å². The molecule has 0 aliphatic carbocycles. The topological polar surface area (TPSA) is 98.6 Å². The third-order valence-corrected chi connectivity index (χ3v) is 3.43. The first-order chi connectivity index (χ1) is 11.7. The van der Waals surface area contributed by atoms with Crippen molar-refractivity contribution in [1.82, 2.24) is 15.3 Å². The molecule has 1 heterocycles. The number of hydrogen-bond donors (Lipinski definition) is 3. The van der Waals surface area contributed by atoms with Crippen molar-refractivity contribution >= 4 is 11.7 Å². The van der Waals surface area contributed by atoms with Crippen LogP contribution in [-0.4, -0.2) is 52.5 Å². The van der Waals surface area contributed by atoms with Crippen molar-refractivity contribution in [3.63, 3.8) is 0 Å². The first kappa shape index (κ1) is 17.8. The average Bonchev–Trinajstić information content (AvgIpc) is 2.64. The van der Waals surface area contributed by atoms with Crippen molar-refractivity contribution in [3.8, 4) is 11.3 Å². The predicted octanol–water partition coefficient (Wildman–Crippen LogP) is 1.03. The van der Waals surface area contributed by atoms with E-state index < -0.39 is 0 Å². The quantitative estimate of drug-likeness (QED) is 0.625. The fourth-order valence-corrected chi connectivity index (χ4v) is 2.27. The minimum atomic E-state index is -0.252. The number of nitrogens with one attached hydrogen (secondary N) is 1. The number of aliphatic hydroxyl groups is 2.